The summed E-state index contributed by atoms with van der Waals surface area (Å²) in [6.07, 6.45) is -6.21. The minimum Gasteiger partial charge on any atom is -0.461 e. The van der Waals surface area contributed by atoms with Crippen LogP contribution in [0.1, 0.15) is 29.2 Å². The topological polar surface area (TPSA) is 72.8 Å². The number of hydrogen-bond acceptors (Lipinski definition) is 5. The number of aliphatic imine (C=N–C) groups is 1. The largest absolute Gasteiger partial charge is 0.461 e. The molecule has 2 aromatic rings. The zero-order valence-corrected chi connectivity index (χ0v) is 21.0. The third kappa shape index (κ3) is 5.62. The molecule has 2 aromatic carbocycles. The van der Waals surface area contributed by atoms with E-state index in [1.165, 1.54) is 19.1 Å². The van der Waals surface area contributed by atoms with E-state index in [9.17, 15) is 43.9 Å². The molecule has 5 nitrogen and oxygen atoms in total. The molecule has 0 bridgehead atoms. The molecule has 0 N–H and O–H groups in total. The predicted octanol–water partition coefficient (Wildman–Crippen LogP) is 5.54. The number of esters is 1. The number of alkyl halides is 7. The Morgan fingerprint density at radius 1 is 1.00 bits per heavy atom. The van der Waals surface area contributed by atoms with Crippen molar-refractivity contribution >= 4 is 21.5 Å². The van der Waals surface area contributed by atoms with E-state index < -0.39 is 56.6 Å². The van der Waals surface area contributed by atoms with Crippen LogP contribution in [0.5, 0.6) is 0 Å². The van der Waals surface area contributed by atoms with Crippen LogP contribution in [0.2, 0.25) is 0 Å². The lowest BCUT2D eigenvalue weighted by Crippen LogP contribution is -2.56. The highest BCUT2D eigenvalue weighted by Crippen LogP contribution is 2.48. The van der Waals surface area contributed by atoms with Crippen molar-refractivity contribution in [3.63, 3.8) is 0 Å². The quantitative estimate of drug-likeness (QED) is 0.148. The van der Waals surface area contributed by atoms with Gasteiger partial charge < -0.3 is 4.74 Å². The summed E-state index contributed by atoms with van der Waals surface area (Å²) in [6, 6.07) is 7.99. The van der Waals surface area contributed by atoms with Crippen molar-refractivity contribution < 1.29 is 48.7 Å². The monoisotopic (exact) mass is 565 g/mol. The first kappa shape index (κ1) is 29.3. The van der Waals surface area contributed by atoms with Crippen LogP contribution in [0.3, 0.4) is 0 Å². The van der Waals surface area contributed by atoms with Crippen molar-refractivity contribution in [2.75, 3.05) is 19.4 Å². The molecule has 0 heterocycles. The highest BCUT2D eigenvalue weighted by atomic mass is 32.2. The van der Waals surface area contributed by atoms with E-state index in [1.807, 2.05) is 0 Å². The number of nitrogens with zero attached hydrogens (tertiary/aromatic N) is 1. The van der Waals surface area contributed by atoms with Crippen LogP contribution in [0, 0.1) is 0 Å². The Hall–Kier alpha value is -3.22. The summed E-state index contributed by atoms with van der Waals surface area (Å²) in [5.41, 5.74) is 0.00292. The van der Waals surface area contributed by atoms with E-state index in [4.69, 9.17) is 4.74 Å². The normalized spacial score (nSPS) is 14.2. The van der Waals surface area contributed by atoms with Gasteiger partial charge in [-0.1, -0.05) is 30.8 Å². The fourth-order valence-corrected chi connectivity index (χ4v) is 5.11. The fraction of sp³-hybridized carbons (Fsp3) is 0.360. The number of sulfone groups is 1. The van der Waals surface area contributed by atoms with Crippen LogP contribution in [0.15, 0.2) is 53.5 Å². The van der Waals surface area contributed by atoms with E-state index in [0.29, 0.717) is 35.7 Å². The molecule has 1 aliphatic carbocycles. The van der Waals surface area contributed by atoms with Crippen LogP contribution in [-0.4, -0.2) is 57.5 Å². The van der Waals surface area contributed by atoms with Gasteiger partial charge in [-0.25, -0.2) is 13.2 Å². The molecule has 206 valence electrons. The molecule has 0 aliphatic heterocycles. The highest BCUT2D eigenvalue weighted by molar-refractivity contribution is 7.90. The second kappa shape index (κ2) is 10.2. The van der Waals surface area contributed by atoms with Crippen molar-refractivity contribution in [1.29, 1.82) is 0 Å². The molecule has 3 rings (SSSR count). The zero-order valence-electron chi connectivity index (χ0n) is 20.1. The maximum Gasteiger partial charge on any atom is 0.460 e. The SMILES string of the molecule is C=C(C)C(=O)OCCS(=O)(=O)Cc1ccc2c(c1)-c1cc(/C(=N/C)C(F)(F)C(F)(F)C(F)(F)F)ccc1C2. The van der Waals surface area contributed by atoms with Crippen molar-refractivity contribution in [3.05, 3.63) is 70.8 Å². The van der Waals surface area contributed by atoms with E-state index in [2.05, 4.69) is 11.6 Å². The first-order valence-corrected chi connectivity index (χ1v) is 12.8. The second-order valence-corrected chi connectivity index (χ2v) is 11.0. The molecule has 0 saturated carbocycles. The molecule has 38 heavy (non-hydrogen) atoms. The Balaban J connectivity index is 1.90. The Bertz CT molecular complexity index is 1410. The molecular weight excluding hydrogens is 543 g/mol. The number of benzene rings is 2. The Labute approximate surface area is 213 Å². The number of hydrogen-bond donors (Lipinski definition) is 0. The Kier molecular flexibility index (Phi) is 7.84. The lowest BCUT2D eigenvalue weighted by molar-refractivity contribution is -0.336. The summed E-state index contributed by atoms with van der Waals surface area (Å²) in [5.74, 6) is -13.7. The van der Waals surface area contributed by atoms with Gasteiger partial charge in [-0.3, -0.25) is 4.99 Å². The minimum absolute atomic E-state index is 0.107. The van der Waals surface area contributed by atoms with Gasteiger partial charge in [0.15, 0.2) is 9.84 Å². The van der Waals surface area contributed by atoms with Crippen LogP contribution < -0.4 is 0 Å². The predicted molar refractivity (Wildman–Crippen MR) is 126 cm³/mol. The molecule has 0 atom stereocenters. The molecule has 0 fully saturated rings. The van der Waals surface area contributed by atoms with E-state index >= 15 is 0 Å². The van der Waals surface area contributed by atoms with Gasteiger partial charge in [-0.05, 0) is 53.3 Å². The lowest BCUT2D eigenvalue weighted by Gasteiger charge is -2.29. The van der Waals surface area contributed by atoms with E-state index in [0.717, 1.165) is 12.1 Å². The molecule has 1 aliphatic rings. The Morgan fingerprint density at radius 3 is 2.13 bits per heavy atom. The lowest BCUT2D eigenvalue weighted by atomic mass is 9.94. The number of fused-ring (bicyclic) bond motifs is 3. The average Bonchev–Trinajstić information content (AvgIpc) is 3.15. The zero-order chi connectivity index (χ0) is 28.7. The van der Waals surface area contributed by atoms with E-state index in [-0.39, 0.29) is 17.7 Å². The van der Waals surface area contributed by atoms with Gasteiger partial charge in [0, 0.05) is 18.2 Å². The summed E-state index contributed by atoms with van der Waals surface area (Å²) in [5, 5.41) is 0. The molecule has 0 spiro atoms. The molecular formula is C25H22F7NO4S. The van der Waals surface area contributed by atoms with Gasteiger partial charge in [-0.2, -0.15) is 30.7 Å². The van der Waals surface area contributed by atoms with Gasteiger partial charge in [0.2, 0.25) is 0 Å². The summed E-state index contributed by atoms with van der Waals surface area (Å²) >= 11 is 0. The fourth-order valence-electron chi connectivity index (χ4n) is 3.94. The summed E-state index contributed by atoms with van der Waals surface area (Å²) < 4.78 is 124. The first-order valence-electron chi connectivity index (χ1n) is 11.0. The van der Waals surface area contributed by atoms with Gasteiger partial charge in [-0.15, -0.1) is 0 Å². The summed E-state index contributed by atoms with van der Waals surface area (Å²) in [7, 11) is -3.05. The first-order chi connectivity index (χ1) is 17.4. The molecule has 13 heteroatoms. The highest BCUT2D eigenvalue weighted by Gasteiger charge is 2.74. The number of carbonyl (C=O) groups is 1. The number of ether oxygens (including phenoxy) is 1. The Morgan fingerprint density at radius 2 is 1.58 bits per heavy atom. The third-order valence-corrected chi connectivity index (χ3v) is 7.42. The molecule has 0 amide bonds. The van der Waals surface area contributed by atoms with Crippen LogP contribution in [0.25, 0.3) is 11.1 Å². The number of carbonyl (C=O) groups excluding carboxylic acids is 1. The van der Waals surface area contributed by atoms with Gasteiger partial charge >= 0.3 is 24.0 Å². The van der Waals surface area contributed by atoms with Crippen LogP contribution in [0.4, 0.5) is 30.7 Å². The van der Waals surface area contributed by atoms with Crippen molar-refractivity contribution in [2.24, 2.45) is 4.99 Å². The van der Waals surface area contributed by atoms with Crippen molar-refractivity contribution in [1.82, 2.24) is 0 Å². The molecule has 0 unspecified atom stereocenters. The van der Waals surface area contributed by atoms with Gasteiger partial charge in [0.1, 0.15) is 12.3 Å². The second-order valence-electron chi connectivity index (χ2n) is 8.77. The maximum absolute atomic E-state index is 14.4. The van der Waals surface area contributed by atoms with Crippen molar-refractivity contribution in [3.8, 4) is 11.1 Å². The average molecular weight is 566 g/mol. The molecule has 0 aromatic heterocycles. The smallest absolute Gasteiger partial charge is 0.460 e. The van der Waals surface area contributed by atoms with Crippen molar-refractivity contribution in [2.45, 2.75) is 37.1 Å². The van der Waals surface area contributed by atoms with Gasteiger partial charge in [0.05, 0.1) is 11.5 Å². The number of rotatable bonds is 9. The molecule has 0 saturated heterocycles. The number of halogens is 7. The van der Waals surface area contributed by atoms with E-state index in [1.54, 1.807) is 12.1 Å². The standard InChI is InChI=1S/C25H22F7NO4S/c1-14(2)22(34)37-8-9-38(35,36)13-15-4-5-16-11-17-6-7-18(12-20(17)19(16)10-15)21(33-3)23(26,27)24(28,29)25(30,31)32/h4-7,10,12H,1,8-9,11,13H2,2-3H3/b33-21-. The summed E-state index contributed by atoms with van der Waals surface area (Å²) in [4.78, 5) is 14.5. The molecule has 0 radical (unpaired) electrons. The summed E-state index contributed by atoms with van der Waals surface area (Å²) in [6.45, 7) is 4.41. The maximum atomic E-state index is 14.4. The minimum atomic E-state index is -6.51. The third-order valence-electron chi connectivity index (χ3n) is 5.86. The van der Waals surface area contributed by atoms with Crippen LogP contribution >= 0.6 is 0 Å². The van der Waals surface area contributed by atoms with Gasteiger partial charge in [0.25, 0.3) is 0 Å². The van der Waals surface area contributed by atoms with Crippen LogP contribution in [-0.2, 0) is 31.5 Å².